The average molecular weight is 554 g/mol. The van der Waals surface area contributed by atoms with E-state index in [9.17, 15) is 41.2 Å². The van der Waals surface area contributed by atoms with E-state index in [1.165, 1.54) is 0 Å². The summed E-state index contributed by atoms with van der Waals surface area (Å²) >= 11 is 0. The molecule has 5 N–H and O–H groups in total. The van der Waals surface area contributed by atoms with Crippen molar-refractivity contribution in [3.05, 3.63) is 0 Å². The predicted octanol–water partition coefficient (Wildman–Crippen LogP) is 1.85. The number of carbonyl (C=O) groups excluding carboxylic acids is 3. The Morgan fingerprint density at radius 3 is 2.27 bits per heavy atom. The van der Waals surface area contributed by atoms with E-state index in [4.69, 9.17) is 4.74 Å². The SMILES string of the molecule is O=C(NC(CC1CCCCC1)C(=O)NC(C[C@@H]1CCNC1=O)C(O)S(=O)(=O)O)OC1CCC(F)(F)CC1. The minimum atomic E-state index is -4.98. The Bertz CT molecular complexity index is 919. The van der Waals surface area contributed by atoms with Crippen molar-refractivity contribution >= 4 is 28.0 Å². The van der Waals surface area contributed by atoms with Gasteiger partial charge in [0.15, 0.2) is 0 Å². The number of amides is 3. The van der Waals surface area contributed by atoms with Gasteiger partial charge in [-0.2, -0.15) is 8.42 Å². The fourth-order valence-electron chi connectivity index (χ4n) is 5.36. The highest BCUT2D eigenvalue weighted by molar-refractivity contribution is 7.86. The summed E-state index contributed by atoms with van der Waals surface area (Å²) in [6.45, 7) is 0.358. The van der Waals surface area contributed by atoms with E-state index in [-0.39, 0.29) is 37.5 Å². The number of carbonyl (C=O) groups is 3. The highest BCUT2D eigenvalue weighted by atomic mass is 32.2. The Morgan fingerprint density at radius 2 is 1.70 bits per heavy atom. The van der Waals surface area contributed by atoms with E-state index in [0.717, 1.165) is 32.1 Å². The molecule has 3 fully saturated rings. The first-order valence-corrected chi connectivity index (χ1v) is 14.4. The molecule has 1 saturated heterocycles. The third kappa shape index (κ3) is 9.02. The molecule has 0 aromatic rings. The summed E-state index contributed by atoms with van der Waals surface area (Å²) in [5.74, 6) is -4.53. The maximum Gasteiger partial charge on any atom is 0.408 e. The quantitative estimate of drug-likeness (QED) is 0.255. The van der Waals surface area contributed by atoms with Gasteiger partial charge in [-0.25, -0.2) is 13.6 Å². The molecule has 0 aromatic carbocycles. The van der Waals surface area contributed by atoms with Crippen molar-refractivity contribution in [2.45, 2.75) is 107 Å². The van der Waals surface area contributed by atoms with Crippen molar-refractivity contribution in [3.8, 4) is 0 Å². The molecule has 3 rings (SSSR count). The second-order valence-electron chi connectivity index (χ2n) is 10.4. The molecule has 1 aliphatic heterocycles. The fraction of sp³-hybridized carbons (Fsp3) is 0.870. The van der Waals surface area contributed by atoms with E-state index in [1.807, 2.05) is 0 Å². The summed E-state index contributed by atoms with van der Waals surface area (Å²) < 4.78 is 64.8. The minimum Gasteiger partial charge on any atom is -0.446 e. The van der Waals surface area contributed by atoms with Gasteiger partial charge >= 0.3 is 6.09 Å². The van der Waals surface area contributed by atoms with Crippen LogP contribution in [0.25, 0.3) is 0 Å². The van der Waals surface area contributed by atoms with Gasteiger partial charge in [-0.15, -0.1) is 0 Å². The molecule has 0 aromatic heterocycles. The van der Waals surface area contributed by atoms with E-state index < -0.39 is 70.4 Å². The second-order valence-corrected chi connectivity index (χ2v) is 11.9. The van der Waals surface area contributed by atoms with Crippen molar-refractivity contribution < 1.29 is 46.0 Å². The summed E-state index contributed by atoms with van der Waals surface area (Å²) in [7, 11) is -4.98. The third-order valence-electron chi connectivity index (χ3n) is 7.52. The molecule has 2 aliphatic carbocycles. The maximum absolute atomic E-state index is 13.4. The van der Waals surface area contributed by atoms with E-state index in [1.54, 1.807) is 0 Å². The second kappa shape index (κ2) is 12.7. The molecule has 37 heavy (non-hydrogen) atoms. The molecular weight excluding hydrogens is 516 g/mol. The summed E-state index contributed by atoms with van der Waals surface area (Å²) in [4.78, 5) is 37.9. The standard InChI is InChI=1S/C23H37F2N3O8S/c24-23(25)9-6-16(7-10-23)36-22(32)28-17(12-14-4-2-1-3-5-14)20(30)27-18(21(31)37(33,34)35)13-15-8-11-26-19(15)29/h14-18,21,31H,1-13H2,(H,26,29)(H,27,30)(H,28,32)(H,33,34,35)/t15-,17?,18?,21?/m0/s1. The number of rotatable bonds is 10. The Labute approximate surface area is 215 Å². The number of alkyl halides is 2. The van der Waals surface area contributed by atoms with Crippen LogP contribution in [0.3, 0.4) is 0 Å². The Morgan fingerprint density at radius 1 is 1.05 bits per heavy atom. The van der Waals surface area contributed by atoms with E-state index in [0.29, 0.717) is 13.0 Å². The van der Waals surface area contributed by atoms with Gasteiger partial charge in [-0.05, 0) is 38.0 Å². The first-order chi connectivity index (χ1) is 17.3. The number of alkyl carbamates (subject to hydrolysis) is 1. The van der Waals surface area contributed by atoms with Crippen LogP contribution in [0.2, 0.25) is 0 Å². The molecule has 3 aliphatic rings. The van der Waals surface area contributed by atoms with Crippen LogP contribution < -0.4 is 16.0 Å². The van der Waals surface area contributed by atoms with Crippen molar-refractivity contribution in [2.24, 2.45) is 11.8 Å². The number of nitrogens with one attached hydrogen (secondary N) is 3. The fourth-order valence-corrected chi connectivity index (χ4v) is 5.96. The molecule has 1 heterocycles. The normalized spacial score (nSPS) is 25.5. The van der Waals surface area contributed by atoms with Crippen LogP contribution in [0.5, 0.6) is 0 Å². The zero-order chi connectivity index (χ0) is 27.2. The lowest BCUT2D eigenvalue weighted by atomic mass is 9.84. The zero-order valence-electron chi connectivity index (χ0n) is 20.7. The monoisotopic (exact) mass is 553 g/mol. The minimum absolute atomic E-state index is 0.00795. The van der Waals surface area contributed by atoms with Crippen molar-refractivity contribution in [2.75, 3.05) is 6.54 Å². The number of aliphatic hydroxyl groups excluding tert-OH is 1. The Hall–Kier alpha value is -2.06. The predicted molar refractivity (Wildman–Crippen MR) is 127 cm³/mol. The summed E-state index contributed by atoms with van der Waals surface area (Å²) in [5.41, 5.74) is -2.38. The summed E-state index contributed by atoms with van der Waals surface area (Å²) in [5, 5.41) is 17.7. The Kier molecular flexibility index (Phi) is 10.1. The van der Waals surface area contributed by atoms with Gasteiger partial charge in [0, 0.05) is 25.3 Å². The largest absolute Gasteiger partial charge is 0.446 e. The first kappa shape index (κ1) is 29.5. The number of hydrogen-bond donors (Lipinski definition) is 5. The van der Waals surface area contributed by atoms with Crippen LogP contribution in [-0.4, -0.2) is 72.1 Å². The van der Waals surface area contributed by atoms with E-state index >= 15 is 0 Å². The molecule has 11 nitrogen and oxygen atoms in total. The van der Waals surface area contributed by atoms with Crippen LogP contribution in [0.1, 0.15) is 77.0 Å². The highest BCUT2D eigenvalue weighted by Crippen LogP contribution is 2.34. The first-order valence-electron chi connectivity index (χ1n) is 12.9. The number of hydrogen-bond acceptors (Lipinski definition) is 7. The highest BCUT2D eigenvalue weighted by Gasteiger charge is 2.39. The molecule has 14 heteroatoms. The van der Waals surface area contributed by atoms with Crippen molar-refractivity contribution in [1.82, 2.24) is 16.0 Å². The van der Waals surface area contributed by atoms with Gasteiger partial charge in [0.25, 0.3) is 10.1 Å². The Balaban J connectivity index is 1.69. The molecular formula is C23H37F2N3O8S. The number of ether oxygens (including phenoxy) is 1. The molecule has 2 saturated carbocycles. The van der Waals surface area contributed by atoms with Crippen LogP contribution in [0.4, 0.5) is 13.6 Å². The van der Waals surface area contributed by atoms with Gasteiger partial charge in [0.1, 0.15) is 12.1 Å². The topological polar surface area (TPSA) is 171 Å². The van der Waals surface area contributed by atoms with Gasteiger partial charge < -0.3 is 25.8 Å². The van der Waals surface area contributed by atoms with Gasteiger partial charge in [0.2, 0.25) is 23.2 Å². The lowest BCUT2D eigenvalue weighted by Crippen LogP contribution is -2.55. The zero-order valence-corrected chi connectivity index (χ0v) is 21.5. The van der Waals surface area contributed by atoms with Crippen LogP contribution >= 0.6 is 0 Å². The maximum atomic E-state index is 13.4. The number of halogens is 2. The molecule has 4 atom stereocenters. The van der Waals surface area contributed by atoms with Crippen molar-refractivity contribution in [3.63, 3.8) is 0 Å². The lowest BCUT2D eigenvalue weighted by molar-refractivity contribution is -0.126. The summed E-state index contributed by atoms with van der Waals surface area (Å²) in [6, 6.07) is -2.67. The average Bonchev–Trinajstić information content (AvgIpc) is 3.23. The van der Waals surface area contributed by atoms with Crippen LogP contribution in [0.15, 0.2) is 0 Å². The van der Waals surface area contributed by atoms with Crippen LogP contribution in [-0.2, 0) is 24.4 Å². The lowest BCUT2D eigenvalue weighted by Gasteiger charge is -2.31. The third-order valence-corrected chi connectivity index (χ3v) is 8.46. The van der Waals surface area contributed by atoms with Crippen LogP contribution in [0, 0.1) is 11.8 Å². The van der Waals surface area contributed by atoms with E-state index in [2.05, 4.69) is 16.0 Å². The van der Waals surface area contributed by atoms with Gasteiger partial charge in [-0.1, -0.05) is 32.1 Å². The van der Waals surface area contributed by atoms with Gasteiger partial charge in [-0.3, -0.25) is 14.1 Å². The van der Waals surface area contributed by atoms with Crippen molar-refractivity contribution in [1.29, 1.82) is 0 Å². The molecule has 0 bridgehead atoms. The molecule has 212 valence electrons. The molecule has 3 amide bonds. The molecule has 3 unspecified atom stereocenters. The molecule has 0 spiro atoms. The van der Waals surface area contributed by atoms with Gasteiger partial charge in [0.05, 0.1) is 6.04 Å². The number of aliphatic hydroxyl groups is 1. The smallest absolute Gasteiger partial charge is 0.408 e. The summed E-state index contributed by atoms with van der Waals surface area (Å²) in [6.07, 6.45) is 2.50. The molecule has 0 radical (unpaired) electrons.